The summed E-state index contributed by atoms with van der Waals surface area (Å²) in [6, 6.07) is 4.69. The fraction of sp³-hybridized carbons (Fsp3) is 0.462. The third kappa shape index (κ3) is 4.45. The van der Waals surface area contributed by atoms with Gasteiger partial charge in [-0.05, 0) is 53.9 Å². The molecule has 0 atom stereocenters. The van der Waals surface area contributed by atoms with Crippen LogP contribution in [0.4, 0.5) is 0 Å². The first-order valence-electron chi connectivity index (χ1n) is 5.96. The Bertz CT molecular complexity index is 405. The SMILES string of the molecule is CCN(CC)CCOC(=O)c1ccc(O)c(I)c1. The molecule has 0 aliphatic rings. The average molecular weight is 363 g/mol. The summed E-state index contributed by atoms with van der Waals surface area (Å²) in [7, 11) is 0. The Morgan fingerprint density at radius 3 is 2.61 bits per heavy atom. The van der Waals surface area contributed by atoms with E-state index in [2.05, 4.69) is 18.7 Å². The molecule has 1 aromatic rings. The lowest BCUT2D eigenvalue weighted by Gasteiger charge is -2.17. The minimum atomic E-state index is -0.347. The molecule has 0 saturated heterocycles. The molecule has 0 heterocycles. The Hall–Kier alpha value is -0.820. The quantitative estimate of drug-likeness (QED) is 0.623. The van der Waals surface area contributed by atoms with Gasteiger partial charge < -0.3 is 14.7 Å². The Kier molecular flexibility index (Phi) is 6.42. The first-order valence-corrected chi connectivity index (χ1v) is 7.04. The second-order valence-electron chi connectivity index (χ2n) is 3.83. The maximum atomic E-state index is 11.7. The van der Waals surface area contributed by atoms with E-state index < -0.39 is 0 Å². The number of rotatable bonds is 6. The van der Waals surface area contributed by atoms with Crippen molar-refractivity contribution in [1.29, 1.82) is 0 Å². The van der Waals surface area contributed by atoms with Crippen molar-refractivity contribution in [1.82, 2.24) is 4.90 Å². The minimum Gasteiger partial charge on any atom is -0.507 e. The molecule has 0 aromatic heterocycles. The summed E-state index contributed by atoms with van der Waals surface area (Å²) in [5.74, 6) is -0.171. The van der Waals surface area contributed by atoms with Crippen molar-refractivity contribution >= 4 is 28.6 Å². The van der Waals surface area contributed by atoms with Crippen molar-refractivity contribution in [2.75, 3.05) is 26.2 Å². The highest BCUT2D eigenvalue weighted by Gasteiger charge is 2.09. The lowest BCUT2D eigenvalue weighted by molar-refractivity contribution is 0.0466. The van der Waals surface area contributed by atoms with Gasteiger partial charge in [0.25, 0.3) is 0 Å². The minimum absolute atomic E-state index is 0.176. The van der Waals surface area contributed by atoms with Gasteiger partial charge in [-0.2, -0.15) is 0 Å². The van der Waals surface area contributed by atoms with Gasteiger partial charge in [0.1, 0.15) is 12.4 Å². The standard InChI is InChI=1S/C13H18INO3/c1-3-15(4-2)7-8-18-13(17)10-5-6-12(16)11(14)9-10/h5-6,9,16H,3-4,7-8H2,1-2H3. The van der Waals surface area contributed by atoms with E-state index in [4.69, 9.17) is 4.74 Å². The van der Waals surface area contributed by atoms with Crippen molar-refractivity contribution in [2.24, 2.45) is 0 Å². The third-order valence-corrected chi connectivity index (χ3v) is 3.58. The number of ether oxygens (including phenoxy) is 1. The van der Waals surface area contributed by atoms with Gasteiger partial charge in [0, 0.05) is 6.54 Å². The van der Waals surface area contributed by atoms with Crippen LogP contribution in [-0.2, 0) is 4.74 Å². The monoisotopic (exact) mass is 363 g/mol. The zero-order chi connectivity index (χ0) is 13.5. The number of halogens is 1. The lowest BCUT2D eigenvalue weighted by atomic mass is 10.2. The molecule has 0 saturated carbocycles. The van der Waals surface area contributed by atoms with Gasteiger partial charge >= 0.3 is 5.97 Å². The molecular weight excluding hydrogens is 345 g/mol. The summed E-state index contributed by atoms with van der Waals surface area (Å²) in [5, 5.41) is 9.37. The van der Waals surface area contributed by atoms with E-state index in [1.165, 1.54) is 6.07 Å². The van der Waals surface area contributed by atoms with Crippen LogP contribution in [0.15, 0.2) is 18.2 Å². The van der Waals surface area contributed by atoms with Gasteiger partial charge in [-0.3, -0.25) is 0 Å². The molecule has 4 nitrogen and oxygen atoms in total. The van der Waals surface area contributed by atoms with Crippen molar-refractivity contribution < 1.29 is 14.6 Å². The van der Waals surface area contributed by atoms with Gasteiger partial charge in [0.15, 0.2) is 0 Å². The van der Waals surface area contributed by atoms with Crippen LogP contribution >= 0.6 is 22.6 Å². The predicted molar refractivity (Wildman–Crippen MR) is 78.9 cm³/mol. The molecule has 18 heavy (non-hydrogen) atoms. The molecule has 1 rings (SSSR count). The van der Waals surface area contributed by atoms with Gasteiger partial charge in [-0.15, -0.1) is 0 Å². The maximum absolute atomic E-state index is 11.7. The number of aromatic hydroxyl groups is 1. The third-order valence-electron chi connectivity index (χ3n) is 2.72. The average Bonchev–Trinajstić information content (AvgIpc) is 2.37. The van der Waals surface area contributed by atoms with Crippen molar-refractivity contribution in [3.05, 3.63) is 27.3 Å². The van der Waals surface area contributed by atoms with Gasteiger partial charge in [0.05, 0.1) is 9.13 Å². The van der Waals surface area contributed by atoms with Crippen molar-refractivity contribution in [2.45, 2.75) is 13.8 Å². The molecule has 0 spiro atoms. The number of carbonyl (C=O) groups excluding carboxylic acids is 1. The predicted octanol–water partition coefficient (Wildman–Crippen LogP) is 2.50. The smallest absolute Gasteiger partial charge is 0.338 e. The number of phenolic OH excluding ortho intramolecular Hbond substituents is 1. The summed E-state index contributed by atoms with van der Waals surface area (Å²) in [6.45, 7) is 7.18. The van der Waals surface area contributed by atoms with E-state index in [9.17, 15) is 9.90 Å². The number of benzene rings is 1. The molecule has 1 aromatic carbocycles. The Labute approximate surface area is 121 Å². The first-order chi connectivity index (χ1) is 8.58. The Morgan fingerprint density at radius 1 is 1.39 bits per heavy atom. The van der Waals surface area contributed by atoms with Crippen LogP contribution < -0.4 is 0 Å². The maximum Gasteiger partial charge on any atom is 0.338 e. The van der Waals surface area contributed by atoms with Crippen LogP contribution in [0.25, 0.3) is 0 Å². The van der Waals surface area contributed by atoms with E-state index >= 15 is 0 Å². The molecule has 0 bridgehead atoms. The molecule has 0 unspecified atom stereocenters. The number of nitrogens with zero attached hydrogens (tertiary/aromatic N) is 1. The Balaban J connectivity index is 2.48. The highest BCUT2D eigenvalue weighted by atomic mass is 127. The zero-order valence-electron chi connectivity index (χ0n) is 10.6. The summed E-state index contributed by atoms with van der Waals surface area (Å²) in [4.78, 5) is 13.9. The van der Waals surface area contributed by atoms with E-state index in [1.807, 2.05) is 22.6 Å². The van der Waals surface area contributed by atoms with Crippen LogP contribution in [0.2, 0.25) is 0 Å². The van der Waals surface area contributed by atoms with E-state index in [0.29, 0.717) is 15.7 Å². The van der Waals surface area contributed by atoms with Crippen LogP contribution in [0.3, 0.4) is 0 Å². The molecule has 0 amide bonds. The first kappa shape index (κ1) is 15.2. The summed E-state index contributed by atoms with van der Waals surface area (Å²) in [6.07, 6.45) is 0. The second-order valence-corrected chi connectivity index (χ2v) is 4.99. The van der Waals surface area contributed by atoms with Gasteiger partial charge in [-0.25, -0.2) is 4.79 Å². The molecule has 0 aliphatic carbocycles. The summed E-state index contributed by atoms with van der Waals surface area (Å²) < 4.78 is 5.84. The molecule has 100 valence electrons. The Morgan fingerprint density at radius 2 is 2.06 bits per heavy atom. The molecular formula is C13H18INO3. The van der Waals surface area contributed by atoms with E-state index in [-0.39, 0.29) is 11.7 Å². The van der Waals surface area contributed by atoms with Crippen LogP contribution in [-0.4, -0.2) is 42.2 Å². The molecule has 0 radical (unpaired) electrons. The van der Waals surface area contributed by atoms with E-state index in [0.717, 1.165) is 19.6 Å². The number of hydrogen-bond donors (Lipinski definition) is 1. The van der Waals surface area contributed by atoms with Gasteiger partial charge in [0.2, 0.25) is 0 Å². The second kappa shape index (κ2) is 7.58. The number of phenols is 1. The van der Waals surface area contributed by atoms with Crippen LogP contribution in [0.5, 0.6) is 5.75 Å². The molecule has 5 heteroatoms. The number of esters is 1. The fourth-order valence-electron chi connectivity index (χ4n) is 1.52. The highest BCUT2D eigenvalue weighted by Crippen LogP contribution is 2.20. The van der Waals surface area contributed by atoms with Crippen molar-refractivity contribution in [3.63, 3.8) is 0 Å². The number of likely N-dealkylation sites (N-methyl/N-ethyl adjacent to an activating group) is 1. The molecule has 1 N–H and O–H groups in total. The van der Waals surface area contributed by atoms with Crippen LogP contribution in [0.1, 0.15) is 24.2 Å². The van der Waals surface area contributed by atoms with Crippen molar-refractivity contribution in [3.8, 4) is 5.75 Å². The normalized spacial score (nSPS) is 10.7. The number of hydrogen-bond acceptors (Lipinski definition) is 4. The number of carbonyl (C=O) groups is 1. The summed E-state index contributed by atoms with van der Waals surface area (Å²) >= 11 is 1.98. The topological polar surface area (TPSA) is 49.8 Å². The molecule has 0 fully saturated rings. The zero-order valence-corrected chi connectivity index (χ0v) is 12.8. The molecule has 0 aliphatic heterocycles. The lowest BCUT2D eigenvalue weighted by Crippen LogP contribution is -2.27. The van der Waals surface area contributed by atoms with Gasteiger partial charge in [-0.1, -0.05) is 13.8 Å². The largest absolute Gasteiger partial charge is 0.507 e. The fourth-order valence-corrected chi connectivity index (χ4v) is 2.04. The van der Waals surface area contributed by atoms with E-state index in [1.54, 1.807) is 12.1 Å². The van der Waals surface area contributed by atoms with Crippen LogP contribution in [0, 0.1) is 3.57 Å². The highest BCUT2D eigenvalue weighted by molar-refractivity contribution is 14.1. The summed E-state index contributed by atoms with van der Waals surface area (Å²) in [5.41, 5.74) is 0.469.